The number of pyridine rings is 1. The average molecular weight is 448 g/mol. The number of allylic oxidation sites excluding steroid dienone is 2. The molecule has 0 fully saturated rings. The molecule has 0 radical (unpaired) electrons. The number of aromatic nitrogens is 1. The van der Waals surface area contributed by atoms with Crippen molar-refractivity contribution < 1.29 is 0 Å². The molecule has 5 nitrogen and oxygen atoms in total. The van der Waals surface area contributed by atoms with E-state index in [1.54, 1.807) is 17.4 Å². The average Bonchev–Trinajstić information content (AvgIpc) is 2.71. The molecule has 0 spiro atoms. The molecule has 1 rings (SSSR count). The van der Waals surface area contributed by atoms with Gasteiger partial charge in [0.05, 0.1) is 18.5 Å². The van der Waals surface area contributed by atoms with E-state index in [1.165, 1.54) is 38.5 Å². The highest BCUT2D eigenvalue weighted by Gasteiger charge is 2.05. The van der Waals surface area contributed by atoms with E-state index in [0.29, 0.717) is 11.0 Å². The Morgan fingerprint density at radius 1 is 1.25 bits per heavy atom. The molecule has 0 aliphatic heterocycles. The van der Waals surface area contributed by atoms with E-state index in [0.717, 1.165) is 23.6 Å². The lowest BCUT2D eigenvalue weighted by molar-refractivity contribution is 0.545. The summed E-state index contributed by atoms with van der Waals surface area (Å²) in [6.45, 7) is 6.55. The summed E-state index contributed by atoms with van der Waals surface area (Å²) in [5, 5.41) is 9.46. The summed E-state index contributed by atoms with van der Waals surface area (Å²) in [5.74, 6) is 0.783. The molecule has 1 aromatic heterocycles. The molecule has 1 N–H and O–H groups in total. The number of nitrogens with zero attached hydrogens (tertiary/aromatic N) is 4. The van der Waals surface area contributed by atoms with Crippen LogP contribution in [0.15, 0.2) is 57.3 Å². The first kappa shape index (κ1) is 24.1. The largest absolute Gasteiger partial charge is 0.391 e. The maximum Gasteiger partial charge on any atom is 0.145 e. The van der Waals surface area contributed by atoms with Gasteiger partial charge in [0, 0.05) is 36.5 Å². The number of likely N-dealkylation sites (N-methyl/N-ethyl adjacent to an activating group) is 1. The maximum absolute atomic E-state index is 4.73. The molecule has 0 aromatic carbocycles. The predicted octanol–water partition coefficient (Wildman–Crippen LogP) is 5.66. The van der Waals surface area contributed by atoms with Crippen molar-refractivity contribution in [2.24, 2.45) is 10.1 Å². The van der Waals surface area contributed by atoms with Gasteiger partial charge in [0.1, 0.15) is 5.84 Å². The number of nitrogens with one attached hydrogen (secondary N) is 1. The Kier molecular flexibility index (Phi) is 12.9. The quantitative estimate of drug-likeness (QED) is 0.183. The fourth-order valence-electron chi connectivity index (χ4n) is 2.62. The Labute approximate surface area is 178 Å². The Hall–Kier alpha value is -1.95. The lowest BCUT2D eigenvalue weighted by Crippen LogP contribution is -2.22. The summed E-state index contributed by atoms with van der Waals surface area (Å²) < 4.78 is 0.716. The lowest BCUT2D eigenvalue weighted by Gasteiger charge is -2.15. The van der Waals surface area contributed by atoms with Crippen LogP contribution in [-0.4, -0.2) is 36.1 Å². The Morgan fingerprint density at radius 2 is 2.00 bits per heavy atom. The minimum atomic E-state index is 0.510. The van der Waals surface area contributed by atoms with Crippen LogP contribution in [0.25, 0.3) is 0 Å². The molecular formula is C22H34BrN5. The molecule has 28 heavy (non-hydrogen) atoms. The normalized spacial score (nSPS) is 12.4. The SMILES string of the molecule is C=C(Br)/C=N\N(C)C(C=C(CCCCCCCC)NC)=NCc1ccccn1. The molecule has 1 aromatic rings. The van der Waals surface area contributed by atoms with Gasteiger partial charge in [-0.3, -0.25) is 15.0 Å². The van der Waals surface area contributed by atoms with Crippen LogP contribution in [-0.2, 0) is 6.54 Å². The van der Waals surface area contributed by atoms with Crippen molar-refractivity contribution in [1.29, 1.82) is 0 Å². The summed E-state index contributed by atoms with van der Waals surface area (Å²) in [4.78, 5) is 9.08. The van der Waals surface area contributed by atoms with Crippen LogP contribution in [0.4, 0.5) is 0 Å². The Morgan fingerprint density at radius 3 is 2.64 bits per heavy atom. The van der Waals surface area contributed by atoms with E-state index in [4.69, 9.17) is 4.99 Å². The third-order valence-electron chi connectivity index (χ3n) is 4.26. The Balaban J connectivity index is 2.82. The predicted molar refractivity (Wildman–Crippen MR) is 125 cm³/mol. The second kappa shape index (κ2) is 15.0. The van der Waals surface area contributed by atoms with Crippen molar-refractivity contribution in [2.75, 3.05) is 14.1 Å². The highest BCUT2D eigenvalue weighted by atomic mass is 79.9. The van der Waals surface area contributed by atoms with Gasteiger partial charge in [-0.05, 0) is 40.9 Å². The van der Waals surface area contributed by atoms with Crippen LogP contribution < -0.4 is 5.32 Å². The first-order valence-corrected chi connectivity index (χ1v) is 10.8. The number of unbranched alkanes of at least 4 members (excludes halogenated alkanes) is 5. The standard InChI is InChI=1S/C22H34BrN5/c1-5-6-7-8-9-10-13-20(24-3)16-22(28(4)27-17-19(2)23)26-18-21-14-11-12-15-25-21/h11-12,14-17,24H,2,5-10,13,18H2,1,3-4H3/b20-16?,26-22?,27-17-. The Bertz CT molecular complexity index is 652. The van der Waals surface area contributed by atoms with Gasteiger partial charge in [0.15, 0.2) is 0 Å². The van der Waals surface area contributed by atoms with Crippen molar-refractivity contribution >= 4 is 28.0 Å². The molecule has 0 aliphatic rings. The zero-order chi connectivity index (χ0) is 20.6. The van der Waals surface area contributed by atoms with Crippen molar-refractivity contribution in [1.82, 2.24) is 15.3 Å². The molecule has 0 aliphatic carbocycles. The summed E-state index contributed by atoms with van der Waals surface area (Å²) in [6, 6.07) is 5.86. The fourth-order valence-corrected chi connectivity index (χ4v) is 2.72. The first-order valence-electron chi connectivity index (χ1n) is 10.0. The molecule has 6 heteroatoms. The monoisotopic (exact) mass is 447 g/mol. The van der Waals surface area contributed by atoms with Crippen LogP contribution >= 0.6 is 15.9 Å². The lowest BCUT2D eigenvalue weighted by atomic mass is 10.1. The van der Waals surface area contributed by atoms with E-state index in [2.05, 4.69) is 50.9 Å². The highest BCUT2D eigenvalue weighted by molar-refractivity contribution is 9.12. The molecule has 0 unspecified atom stereocenters. The molecule has 0 saturated carbocycles. The fraction of sp³-hybridized carbons (Fsp3) is 0.500. The zero-order valence-electron chi connectivity index (χ0n) is 17.5. The number of hydrogen-bond donors (Lipinski definition) is 1. The topological polar surface area (TPSA) is 52.9 Å². The number of halogens is 1. The molecule has 1 heterocycles. The van der Waals surface area contributed by atoms with E-state index in [9.17, 15) is 0 Å². The van der Waals surface area contributed by atoms with Crippen LogP contribution in [0.2, 0.25) is 0 Å². The van der Waals surface area contributed by atoms with Gasteiger partial charge in [0.25, 0.3) is 0 Å². The van der Waals surface area contributed by atoms with Crippen molar-refractivity contribution in [3.8, 4) is 0 Å². The van der Waals surface area contributed by atoms with Gasteiger partial charge >= 0.3 is 0 Å². The first-order chi connectivity index (χ1) is 13.6. The maximum atomic E-state index is 4.73. The van der Waals surface area contributed by atoms with Gasteiger partial charge in [-0.25, -0.2) is 0 Å². The van der Waals surface area contributed by atoms with Gasteiger partial charge < -0.3 is 5.32 Å². The smallest absolute Gasteiger partial charge is 0.145 e. The number of aliphatic imine (C=N–C) groups is 1. The van der Waals surface area contributed by atoms with Crippen LogP contribution in [0.1, 0.15) is 57.6 Å². The molecular weight excluding hydrogens is 414 g/mol. The number of amidine groups is 1. The molecule has 0 amide bonds. The molecule has 154 valence electrons. The van der Waals surface area contributed by atoms with E-state index in [-0.39, 0.29) is 0 Å². The van der Waals surface area contributed by atoms with Crippen LogP contribution in [0.5, 0.6) is 0 Å². The third-order valence-corrected chi connectivity index (χ3v) is 4.46. The van der Waals surface area contributed by atoms with Gasteiger partial charge in [-0.2, -0.15) is 5.10 Å². The van der Waals surface area contributed by atoms with Gasteiger partial charge in [0.2, 0.25) is 0 Å². The minimum Gasteiger partial charge on any atom is -0.391 e. The third kappa shape index (κ3) is 11.0. The van der Waals surface area contributed by atoms with Crippen LogP contribution in [0.3, 0.4) is 0 Å². The molecule has 0 atom stereocenters. The van der Waals surface area contributed by atoms with Crippen LogP contribution in [0, 0.1) is 0 Å². The van der Waals surface area contributed by atoms with Gasteiger partial charge in [-0.1, -0.05) is 51.7 Å². The second-order valence-electron chi connectivity index (χ2n) is 6.65. The number of rotatable bonds is 13. The van der Waals surface area contributed by atoms with Gasteiger partial charge in [-0.15, -0.1) is 0 Å². The van der Waals surface area contributed by atoms with E-state index < -0.39 is 0 Å². The van der Waals surface area contributed by atoms with E-state index in [1.807, 2.05) is 32.3 Å². The summed E-state index contributed by atoms with van der Waals surface area (Å²) in [7, 11) is 3.85. The van der Waals surface area contributed by atoms with E-state index >= 15 is 0 Å². The number of hydrogen-bond acceptors (Lipinski definition) is 4. The van der Waals surface area contributed by atoms with Crippen molar-refractivity contribution in [3.63, 3.8) is 0 Å². The summed E-state index contributed by atoms with van der Waals surface area (Å²) in [5.41, 5.74) is 2.09. The second-order valence-corrected chi connectivity index (χ2v) is 7.67. The summed E-state index contributed by atoms with van der Waals surface area (Å²) in [6.07, 6.45) is 14.2. The van der Waals surface area contributed by atoms with Crippen molar-refractivity contribution in [3.05, 3.63) is 52.9 Å². The number of hydrazone groups is 1. The highest BCUT2D eigenvalue weighted by Crippen LogP contribution is 2.11. The molecule has 0 bridgehead atoms. The summed E-state index contributed by atoms with van der Waals surface area (Å²) >= 11 is 3.30. The zero-order valence-corrected chi connectivity index (χ0v) is 19.1. The minimum absolute atomic E-state index is 0.510. The van der Waals surface area contributed by atoms with Crippen molar-refractivity contribution in [2.45, 2.75) is 58.4 Å². The molecule has 0 saturated heterocycles.